The van der Waals surface area contributed by atoms with Crippen molar-refractivity contribution in [3.63, 3.8) is 0 Å². The maximum absolute atomic E-state index is 11.5. The summed E-state index contributed by atoms with van der Waals surface area (Å²) in [5.41, 5.74) is 0. The van der Waals surface area contributed by atoms with Crippen LogP contribution in [0.3, 0.4) is 0 Å². The zero-order valence-electron chi connectivity index (χ0n) is 10.5. The van der Waals surface area contributed by atoms with Gasteiger partial charge in [0, 0.05) is 20.1 Å². The number of carboxylic acids is 1. The molecule has 0 saturated heterocycles. The van der Waals surface area contributed by atoms with Gasteiger partial charge in [0.1, 0.15) is 0 Å². The van der Waals surface area contributed by atoms with Crippen molar-refractivity contribution in [2.45, 2.75) is 27.2 Å². The molecule has 2 amide bonds. The third-order valence-corrected chi connectivity index (χ3v) is 2.50. The molecule has 1 unspecified atom stereocenters. The van der Waals surface area contributed by atoms with Gasteiger partial charge in [-0.25, -0.2) is 4.79 Å². The largest absolute Gasteiger partial charge is 0.481 e. The van der Waals surface area contributed by atoms with Crippen LogP contribution in [0.1, 0.15) is 27.2 Å². The predicted octanol–water partition coefficient (Wildman–Crippen LogP) is 1.39. The first-order chi connectivity index (χ1) is 7.40. The van der Waals surface area contributed by atoms with Crippen molar-refractivity contribution in [1.82, 2.24) is 10.2 Å². The number of carboxylic acid groups (broad SMARTS) is 1. The third kappa shape index (κ3) is 5.00. The van der Waals surface area contributed by atoms with Crippen molar-refractivity contribution in [2.75, 3.05) is 20.1 Å². The fourth-order valence-electron chi connectivity index (χ4n) is 1.38. The first kappa shape index (κ1) is 14.7. The number of rotatable bonds is 6. The summed E-state index contributed by atoms with van der Waals surface area (Å²) in [5.74, 6) is -1.39. The second-order valence-corrected chi connectivity index (χ2v) is 4.30. The van der Waals surface area contributed by atoms with Gasteiger partial charge in [0.25, 0.3) is 0 Å². The van der Waals surface area contributed by atoms with E-state index in [-0.39, 0.29) is 18.5 Å². The van der Waals surface area contributed by atoms with Gasteiger partial charge in [-0.15, -0.1) is 0 Å². The predicted molar refractivity (Wildman–Crippen MR) is 62.3 cm³/mol. The van der Waals surface area contributed by atoms with Crippen LogP contribution < -0.4 is 5.32 Å². The number of carbonyl (C=O) groups is 2. The standard InChI is InChI=1S/C11H22N2O3/c1-5-6-13(4)11(16)12-7-9(8(2)3)10(14)15/h8-9H,5-7H2,1-4H3,(H,12,16)(H,14,15). The number of aliphatic carboxylic acids is 1. The monoisotopic (exact) mass is 230 g/mol. The maximum atomic E-state index is 11.5. The van der Waals surface area contributed by atoms with Crippen molar-refractivity contribution in [2.24, 2.45) is 11.8 Å². The summed E-state index contributed by atoms with van der Waals surface area (Å²) in [6, 6.07) is -0.214. The van der Waals surface area contributed by atoms with Crippen LogP contribution in [0.2, 0.25) is 0 Å². The molecule has 0 heterocycles. The number of amides is 2. The van der Waals surface area contributed by atoms with Crippen molar-refractivity contribution < 1.29 is 14.7 Å². The van der Waals surface area contributed by atoms with Crippen LogP contribution in [-0.4, -0.2) is 42.1 Å². The molecule has 0 radical (unpaired) electrons. The average molecular weight is 230 g/mol. The highest BCUT2D eigenvalue weighted by Crippen LogP contribution is 2.09. The molecule has 0 fully saturated rings. The van der Waals surface area contributed by atoms with E-state index in [1.807, 2.05) is 20.8 Å². The molecule has 0 aromatic carbocycles. The van der Waals surface area contributed by atoms with E-state index < -0.39 is 11.9 Å². The summed E-state index contributed by atoms with van der Waals surface area (Å²) in [5, 5.41) is 11.6. The van der Waals surface area contributed by atoms with Gasteiger partial charge in [0.2, 0.25) is 0 Å². The molecule has 0 aliphatic rings. The summed E-state index contributed by atoms with van der Waals surface area (Å²) in [4.78, 5) is 23.9. The van der Waals surface area contributed by atoms with E-state index in [4.69, 9.17) is 5.11 Å². The number of urea groups is 1. The second-order valence-electron chi connectivity index (χ2n) is 4.30. The molecule has 0 aromatic rings. The van der Waals surface area contributed by atoms with Crippen molar-refractivity contribution in [3.8, 4) is 0 Å². The Balaban J connectivity index is 4.11. The number of nitrogens with zero attached hydrogens (tertiary/aromatic N) is 1. The van der Waals surface area contributed by atoms with E-state index >= 15 is 0 Å². The van der Waals surface area contributed by atoms with Gasteiger partial charge in [-0.3, -0.25) is 4.79 Å². The zero-order chi connectivity index (χ0) is 12.7. The van der Waals surface area contributed by atoms with Gasteiger partial charge in [0.05, 0.1) is 5.92 Å². The third-order valence-electron chi connectivity index (χ3n) is 2.50. The van der Waals surface area contributed by atoms with Crippen LogP contribution in [0.4, 0.5) is 4.79 Å². The minimum absolute atomic E-state index is 0.00859. The molecule has 0 aliphatic carbocycles. The quantitative estimate of drug-likeness (QED) is 0.724. The van der Waals surface area contributed by atoms with Crippen molar-refractivity contribution >= 4 is 12.0 Å². The van der Waals surface area contributed by atoms with Gasteiger partial charge < -0.3 is 15.3 Å². The van der Waals surface area contributed by atoms with Gasteiger partial charge in [-0.05, 0) is 12.3 Å². The molecule has 2 N–H and O–H groups in total. The number of carbonyl (C=O) groups excluding carboxylic acids is 1. The van der Waals surface area contributed by atoms with E-state index in [1.54, 1.807) is 11.9 Å². The molecule has 0 bridgehead atoms. The lowest BCUT2D eigenvalue weighted by atomic mass is 9.96. The number of hydrogen-bond acceptors (Lipinski definition) is 2. The number of hydrogen-bond donors (Lipinski definition) is 2. The summed E-state index contributed by atoms with van der Waals surface area (Å²) >= 11 is 0. The summed E-state index contributed by atoms with van der Waals surface area (Å²) in [6.45, 7) is 6.50. The summed E-state index contributed by atoms with van der Waals surface area (Å²) in [6.07, 6.45) is 0.885. The Morgan fingerprint density at radius 2 is 1.94 bits per heavy atom. The molecule has 94 valence electrons. The maximum Gasteiger partial charge on any atom is 0.317 e. The first-order valence-corrected chi connectivity index (χ1v) is 5.61. The molecular formula is C11H22N2O3. The lowest BCUT2D eigenvalue weighted by molar-refractivity contribution is -0.142. The van der Waals surface area contributed by atoms with Crippen molar-refractivity contribution in [3.05, 3.63) is 0 Å². The van der Waals surface area contributed by atoms with Crippen LogP contribution in [-0.2, 0) is 4.79 Å². The van der Waals surface area contributed by atoms with E-state index in [2.05, 4.69) is 5.32 Å². The Labute approximate surface area is 96.8 Å². The summed E-state index contributed by atoms with van der Waals surface area (Å²) in [7, 11) is 1.70. The smallest absolute Gasteiger partial charge is 0.317 e. The zero-order valence-corrected chi connectivity index (χ0v) is 10.5. The Morgan fingerprint density at radius 3 is 2.31 bits per heavy atom. The molecule has 5 nitrogen and oxygen atoms in total. The van der Waals surface area contributed by atoms with E-state index in [1.165, 1.54) is 0 Å². The first-order valence-electron chi connectivity index (χ1n) is 5.61. The Kier molecular flexibility index (Phi) is 6.53. The van der Waals surface area contributed by atoms with Crippen molar-refractivity contribution in [1.29, 1.82) is 0 Å². The highest BCUT2D eigenvalue weighted by Gasteiger charge is 2.22. The van der Waals surface area contributed by atoms with Gasteiger partial charge >= 0.3 is 12.0 Å². The van der Waals surface area contributed by atoms with Crippen LogP contribution >= 0.6 is 0 Å². The molecule has 0 aromatic heterocycles. The second kappa shape index (κ2) is 7.09. The van der Waals surface area contributed by atoms with Gasteiger partial charge in [-0.1, -0.05) is 20.8 Å². The fraction of sp³-hybridized carbons (Fsp3) is 0.818. The molecule has 0 rings (SSSR count). The van der Waals surface area contributed by atoms with Crippen LogP contribution in [0, 0.1) is 11.8 Å². The van der Waals surface area contributed by atoms with E-state index in [0.717, 1.165) is 6.42 Å². The lowest BCUT2D eigenvalue weighted by Gasteiger charge is -2.20. The average Bonchev–Trinajstić information content (AvgIpc) is 2.16. The molecule has 16 heavy (non-hydrogen) atoms. The highest BCUT2D eigenvalue weighted by atomic mass is 16.4. The molecule has 0 saturated carbocycles. The van der Waals surface area contributed by atoms with Crippen LogP contribution in [0.25, 0.3) is 0 Å². The van der Waals surface area contributed by atoms with Gasteiger partial charge in [0.15, 0.2) is 0 Å². The SMILES string of the molecule is CCCN(C)C(=O)NCC(C(=O)O)C(C)C. The Morgan fingerprint density at radius 1 is 1.38 bits per heavy atom. The van der Waals surface area contributed by atoms with Crippen LogP contribution in [0.15, 0.2) is 0 Å². The van der Waals surface area contributed by atoms with E-state index in [9.17, 15) is 9.59 Å². The molecule has 1 atom stereocenters. The minimum atomic E-state index is -0.867. The minimum Gasteiger partial charge on any atom is -0.481 e. The summed E-state index contributed by atoms with van der Waals surface area (Å²) < 4.78 is 0. The number of nitrogens with one attached hydrogen (secondary N) is 1. The molecule has 0 spiro atoms. The Bertz CT molecular complexity index is 241. The molecule has 0 aliphatic heterocycles. The lowest BCUT2D eigenvalue weighted by Crippen LogP contribution is -2.42. The van der Waals surface area contributed by atoms with E-state index in [0.29, 0.717) is 6.54 Å². The highest BCUT2D eigenvalue weighted by molar-refractivity contribution is 5.75. The Hall–Kier alpha value is -1.26. The van der Waals surface area contributed by atoms with Gasteiger partial charge in [-0.2, -0.15) is 0 Å². The molecular weight excluding hydrogens is 208 g/mol. The fourth-order valence-corrected chi connectivity index (χ4v) is 1.38. The topological polar surface area (TPSA) is 69.6 Å². The van der Waals surface area contributed by atoms with Crippen LogP contribution in [0.5, 0.6) is 0 Å². The normalized spacial score (nSPS) is 12.3. The molecule has 5 heteroatoms.